The second-order valence-electron chi connectivity index (χ2n) is 4.73. The van der Waals surface area contributed by atoms with Crippen LogP contribution in [-0.2, 0) is 9.63 Å². The zero-order valence-electron chi connectivity index (χ0n) is 10.9. The quantitative estimate of drug-likeness (QED) is 0.515. The first-order valence-corrected chi connectivity index (χ1v) is 6.05. The Hall–Kier alpha value is -1.41. The SMILES string of the molecule is CN(N)/C1=C(\N)C(F)(F)C(CC(=O)ON)CCCC1. The highest BCUT2D eigenvalue weighted by Gasteiger charge is 2.45. The lowest BCUT2D eigenvalue weighted by Gasteiger charge is -2.32. The topological polar surface area (TPSA) is 108 Å². The van der Waals surface area contributed by atoms with Crippen molar-refractivity contribution in [1.82, 2.24) is 5.01 Å². The predicted octanol–water partition coefficient (Wildman–Crippen LogP) is 0.595. The molecule has 1 unspecified atom stereocenters. The Morgan fingerprint density at radius 1 is 1.53 bits per heavy atom. The van der Waals surface area contributed by atoms with Gasteiger partial charge < -0.3 is 15.6 Å². The van der Waals surface area contributed by atoms with Gasteiger partial charge in [-0.25, -0.2) is 5.84 Å². The van der Waals surface area contributed by atoms with Crippen molar-refractivity contribution in [1.29, 1.82) is 0 Å². The van der Waals surface area contributed by atoms with E-state index in [-0.39, 0.29) is 12.1 Å². The van der Waals surface area contributed by atoms with Crippen LogP contribution in [0.1, 0.15) is 32.1 Å². The first-order chi connectivity index (χ1) is 8.80. The van der Waals surface area contributed by atoms with Gasteiger partial charge in [0.1, 0.15) is 0 Å². The molecule has 1 aliphatic rings. The highest BCUT2D eigenvalue weighted by atomic mass is 19.3. The van der Waals surface area contributed by atoms with Crippen LogP contribution in [0.2, 0.25) is 0 Å². The number of allylic oxidation sites excluding steroid dienone is 2. The van der Waals surface area contributed by atoms with Gasteiger partial charge in [0.15, 0.2) is 0 Å². The number of rotatable bonds is 3. The largest absolute Gasteiger partial charge is 0.396 e. The van der Waals surface area contributed by atoms with Crippen LogP contribution in [0.25, 0.3) is 0 Å². The number of nitrogens with zero attached hydrogens (tertiary/aromatic N) is 1. The third-order valence-electron chi connectivity index (χ3n) is 3.37. The average molecular weight is 278 g/mol. The maximum Gasteiger partial charge on any atom is 0.324 e. The molecule has 1 aliphatic carbocycles. The molecule has 0 aromatic heterocycles. The van der Waals surface area contributed by atoms with Crippen LogP contribution in [0.15, 0.2) is 11.4 Å². The fourth-order valence-corrected chi connectivity index (χ4v) is 2.26. The van der Waals surface area contributed by atoms with Crippen molar-refractivity contribution >= 4 is 5.97 Å². The van der Waals surface area contributed by atoms with Gasteiger partial charge in [0, 0.05) is 13.0 Å². The van der Waals surface area contributed by atoms with Crippen molar-refractivity contribution in [3.63, 3.8) is 0 Å². The minimum absolute atomic E-state index is 0.185. The summed E-state index contributed by atoms with van der Waals surface area (Å²) in [6.45, 7) is 0. The zero-order chi connectivity index (χ0) is 14.6. The lowest BCUT2D eigenvalue weighted by atomic mass is 9.86. The Labute approximate surface area is 110 Å². The van der Waals surface area contributed by atoms with E-state index in [2.05, 4.69) is 4.84 Å². The normalized spacial score (nSPS) is 27.3. The minimum Gasteiger partial charge on any atom is -0.396 e. The van der Waals surface area contributed by atoms with E-state index in [0.717, 1.165) is 5.01 Å². The van der Waals surface area contributed by atoms with Crippen molar-refractivity contribution < 1.29 is 18.4 Å². The van der Waals surface area contributed by atoms with Crippen molar-refractivity contribution in [2.24, 2.45) is 23.4 Å². The van der Waals surface area contributed by atoms with E-state index in [1.807, 2.05) is 0 Å². The lowest BCUT2D eigenvalue weighted by molar-refractivity contribution is -0.149. The van der Waals surface area contributed by atoms with Crippen LogP contribution < -0.4 is 17.5 Å². The molecule has 0 aromatic rings. The predicted molar refractivity (Wildman–Crippen MR) is 65.0 cm³/mol. The molecule has 110 valence electrons. The molecular formula is C11H20F2N4O2. The Balaban J connectivity index is 3.07. The molecule has 0 saturated heterocycles. The van der Waals surface area contributed by atoms with Gasteiger partial charge in [0.2, 0.25) is 0 Å². The third kappa shape index (κ3) is 3.54. The number of hydrogen-bond donors (Lipinski definition) is 3. The molecule has 0 fully saturated rings. The van der Waals surface area contributed by atoms with Crippen molar-refractivity contribution in [2.75, 3.05) is 7.05 Å². The van der Waals surface area contributed by atoms with Crippen LogP contribution in [0.4, 0.5) is 8.78 Å². The van der Waals surface area contributed by atoms with Gasteiger partial charge in [-0.2, -0.15) is 14.7 Å². The van der Waals surface area contributed by atoms with E-state index < -0.39 is 29.9 Å². The molecule has 0 heterocycles. The number of alkyl halides is 2. The molecule has 0 saturated carbocycles. The molecule has 8 heteroatoms. The first-order valence-electron chi connectivity index (χ1n) is 6.05. The van der Waals surface area contributed by atoms with Crippen molar-refractivity contribution in [3.8, 4) is 0 Å². The van der Waals surface area contributed by atoms with E-state index in [9.17, 15) is 13.6 Å². The summed E-state index contributed by atoms with van der Waals surface area (Å²) in [5.74, 6) is 4.81. The third-order valence-corrected chi connectivity index (χ3v) is 3.37. The van der Waals surface area contributed by atoms with Crippen LogP contribution in [-0.4, -0.2) is 23.9 Å². The molecule has 19 heavy (non-hydrogen) atoms. The Morgan fingerprint density at radius 2 is 2.16 bits per heavy atom. The fourth-order valence-electron chi connectivity index (χ4n) is 2.26. The molecule has 1 rings (SSSR count). The van der Waals surface area contributed by atoms with Gasteiger partial charge in [0.25, 0.3) is 5.92 Å². The van der Waals surface area contributed by atoms with E-state index in [4.69, 9.17) is 17.5 Å². The van der Waals surface area contributed by atoms with E-state index in [1.165, 1.54) is 7.05 Å². The minimum atomic E-state index is -3.31. The summed E-state index contributed by atoms with van der Waals surface area (Å²) in [5.41, 5.74) is 5.19. The van der Waals surface area contributed by atoms with Crippen LogP contribution in [0.5, 0.6) is 0 Å². The smallest absolute Gasteiger partial charge is 0.324 e. The monoisotopic (exact) mass is 278 g/mol. The van der Waals surface area contributed by atoms with Crippen molar-refractivity contribution in [2.45, 2.75) is 38.0 Å². The Morgan fingerprint density at radius 3 is 2.68 bits per heavy atom. The second kappa shape index (κ2) is 6.16. The van der Waals surface area contributed by atoms with Crippen LogP contribution in [0.3, 0.4) is 0 Å². The number of hydrogen-bond acceptors (Lipinski definition) is 6. The number of hydrazine groups is 1. The van der Waals surface area contributed by atoms with Gasteiger partial charge in [-0.15, -0.1) is 0 Å². The maximum absolute atomic E-state index is 14.3. The first kappa shape index (κ1) is 15.6. The molecule has 1 atom stereocenters. The molecule has 6 N–H and O–H groups in total. The van der Waals surface area contributed by atoms with Crippen molar-refractivity contribution in [3.05, 3.63) is 11.4 Å². The standard InChI is InChI=1S/C11H20F2N4O2/c1-17(15)8-5-3-2-4-7(6-9(18)19-16)11(12,13)10(8)14/h7H,2-6,14-16H2,1H3/b10-8-. The lowest BCUT2D eigenvalue weighted by Crippen LogP contribution is -2.41. The number of carbonyl (C=O) groups excluding carboxylic acids is 1. The van der Waals surface area contributed by atoms with Gasteiger partial charge in [0.05, 0.1) is 17.8 Å². The maximum atomic E-state index is 14.3. The van der Waals surface area contributed by atoms with E-state index >= 15 is 0 Å². The number of halogens is 2. The second-order valence-corrected chi connectivity index (χ2v) is 4.73. The fraction of sp³-hybridized carbons (Fsp3) is 0.727. The average Bonchev–Trinajstić information content (AvgIpc) is 2.34. The Bertz CT molecular complexity index is 372. The highest BCUT2D eigenvalue weighted by Crippen LogP contribution is 2.39. The van der Waals surface area contributed by atoms with Gasteiger partial charge in [-0.1, -0.05) is 6.42 Å². The highest BCUT2D eigenvalue weighted by molar-refractivity contribution is 5.69. The molecule has 0 spiro atoms. The van der Waals surface area contributed by atoms with E-state index in [1.54, 1.807) is 0 Å². The zero-order valence-corrected chi connectivity index (χ0v) is 10.9. The number of carbonyl (C=O) groups is 1. The summed E-state index contributed by atoms with van der Waals surface area (Å²) in [6.07, 6.45) is 1.35. The summed E-state index contributed by atoms with van der Waals surface area (Å²) >= 11 is 0. The molecule has 0 amide bonds. The van der Waals surface area contributed by atoms with Crippen LogP contribution in [0, 0.1) is 5.92 Å². The molecule has 0 radical (unpaired) electrons. The molecule has 0 aromatic carbocycles. The summed E-state index contributed by atoms with van der Waals surface area (Å²) in [4.78, 5) is 15.1. The summed E-state index contributed by atoms with van der Waals surface area (Å²) in [6, 6.07) is 0. The van der Waals surface area contributed by atoms with Crippen LogP contribution >= 0.6 is 0 Å². The molecular weight excluding hydrogens is 258 g/mol. The molecule has 0 bridgehead atoms. The molecule has 0 aliphatic heterocycles. The number of nitrogens with two attached hydrogens (primary N) is 3. The van der Waals surface area contributed by atoms with Gasteiger partial charge >= 0.3 is 5.97 Å². The summed E-state index contributed by atoms with van der Waals surface area (Å²) < 4.78 is 28.6. The summed E-state index contributed by atoms with van der Waals surface area (Å²) in [7, 11) is 1.46. The van der Waals surface area contributed by atoms with Gasteiger partial charge in [-0.3, -0.25) is 4.79 Å². The Kier molecular flexibility index (Phi) is 5.07. The summed E-state index contributed by atoms with van der Waals surface area (Å²) in [5, 5.41) is 1.10. The van der Waals surface area contributed by atoms with E-state index in [0.29, 0.717) is 19.3 Å². The van der Waals surface area contributed by atoms with Gasteiger partial charge in [-0.05, 0) is 19.3 Å². The molecule has 6 nitrogen and oxygen atoms in total.